The van der Waals surface area contributed by atoms with Crippen molar-refractivity contribution in [1.82, 2.24) is 9.55 Å². The normalized spacial score (nSPS) is 11.6. The number of amides is 1. The number of rotatable bonds is 5. The molecule has 6 nitrogen and oxygen atoms in total. The molecule has 2 aromatic heterocycles. The molecule has 0 spiro atoms. The maximum atomic E-state index is 13.4. The Hall–Kier alpha value is -4.32. The summed E-state index contributed by atoms with van der Waals surface area (Å²) in [5, 5.41) is 20.8. The number of azo groups is 1. The van der Waals surface area contributed by atoms with Gasteiger partial charge < -0.3 is 9.67 Å². The fourth-order valence-electron chi connectivity index (χ4n) is 4.41. The van der Waals surface area contributed by atoms with E-state index in [2.05, 4.69) is 10.2 Å². The zero-order valence-corrected chi connectivity index (χ0v) is 20.0. The van der Waals surface area contributed by atoms with Gasteiger partial charge in [0.1, 0.15) is 0 Å². The topological polar surface area (TPSA) is 79.8 Å². The van der Waals surface area contributed by atoms with E-state index >= 15 is 0 Å². The fourth-order valence-corrected chi connectivity index (χ4v) is 4.41. The zero-order valence-electron chi connectivity index (χ0n) is 20.0. The van der Waals surface area contributed by atoms with Gasteiger partial charge in [-0.25, -0.2) is 4.98 Å². The monoisotopic (exact) mass is 462 g/mol. The summed E-state index contributed by atoms with van der Waals surface area (Å²) in [7, 11) is 0. The minimum absolute atomic E-state index is 0.0180. The Morgan fingerprint density at radius 3 is 2.40 bits per heavy atom. The van der Waals surface area contributed by atoms with Crippen molar-refractivity contribution in [3.8, 4) is 17.1 Å². The van der Waals surface area contributed by atoms with E-state index in [1.807, 2.05) is 92.1 Å². The molecule has 0 aliphatic rings. The molecular formula is C29H26N4O2. The lowest BCUT2D eigenvalue weighted by molar-refractivity contribution is 0.0996. The van der Waals surface area contributed by atoms with Crippen LogP contribution >= 0.6 is 0 Å². The second-order valence-corrected chi connectivity index (χ2v) is 8.79. The molecule has 5 aromatic rings. The van der Waals surface area contributed by atoms with Crippen LogP contribution < -0.4 is 0 Å². The van der Waals surface area contributed by atoms with Crippen molar-refractivity contribution in [2.45, 2.75) is 33.7 Å². The van der Waals surface area contributed by atoms with Crippen LogP contribution in [0.2, 0.25) is 0 Å². The largest absolute Gasteiger partial charge is 0.493 e. The molecule has 6 heteroatoms. The summed E-state index contributed by atoms with van der Waals surface area (Å²) >= 11 is 0. The van der Waals surface area contributed by atoms with Crippen molar-refractivity contribution >= 4 is 33.4 Å². The van der Waals surface area contributed by atoms with Crippen LogP contribution in [0, 0.1) is 13.8 Å². The third-order valence-electron chi connectivity index (χ3n) is 6.12. The highest BCUT2D eigenvalue weighted by Gasteiger charge is 2.18. The standard InChI is InChI=1S/C29H26N4O2/c1-4-14-33-26-13-11-19(3)16-23(26)27(29(33)35)31-32-28(34)22-17-25(20-8-6-5-7-9-20)30-24-12-10-18(2)15-21(22)24/h5-13,15-17,35H,4,14H2,1-3H3. The molecule has 5 rings (SSSR count). The van der Waals surface area contributed by atoms with Crippen molar-refractivity contribution < 1.29 is 9.90 Å². The smallest absolute Gasteiger partial charge is 0.296 e. The average Bonchev–Trinajstić information content (AvgIpc) is 3.12. The summed E-state index contributed by atoms with van der Waals surface area (Å²) in [4.78, 5) is 18.2. The summed E-state index contributed by atoms with van der Waals surface area (Å²) in [6.07, 6.45) is 0.853. The number of hydrogen-bond donors (Lipinski definition) is 1. The molecule has 0 atom stereocenters. The molecule has 0 fully saturated rings. The van der Waals surface area contributed by atoms with Gasteiger partial charge in [0.25, 0.3) is 5.91 Å². The van der Waals surface area contributed by atoms with E-state index in [1.54, 1.807) is 6.07 Å². The molecule has 0 aliphatic heterocycles. The Labute approximate surface area is 203 Å². The first-order chi connectivity index (χ1) is 17.0. The van der Waals surface area contributed by atoms with Crippen LogP contribution in [0.3, 0.4) is 0 Å². The van der Waals surface area contributed by atoms with Crippen LogP contribution in [-0.2, 0) is 6.54 Å². The van der Waals surface area contributed by atoms with E-state index in [0.29, 0.717) is 29.0 Å². The van der Waals surface area contributed by atoms with Gasteiger partial charge in [-0.1, -0.05) is 60.5 Å². The zero-order chi connectivity index (χ0) is 24.5. The predicted molar refractivity (Wildman–Crippen MR) is 139 cm³/mol. The lowest BCUT2D eigenvalue weighted by atomic mass is 10.0. The Kier molecular flexibility index (Phi) is 5.87. The minimum atomic E-state index is -0.483. The average molecular weight is 463 g/mol. The van der Waals surface area contributed by atoms with E-state index in [-0.39, 0.29) is 5.88 Å². The lowest BCUT2D eigenvalue weighted by Gasteiger charge is -2.08. The summed E-state index contributed by atoms with van der Waals surface area (Å²) in [6.45, 7) is 6.65. The van der Waals surface area contributed by atoms with Crippen LogP contribution in [-0.4, -0.2) is 20.6 Å². The van der Waals surface area contributed by atoms with Gasteiger partial charge in [-0.2, -0.15) is 0 Å². The maximum Gasteiger partial charge on any atom is 0.296 e. The van der Waals surface area contributed by atoms with Crippen LogP contribution in [0.25, 0.3) is 33.1 Å². The molecule has 0 bridgehead atoms. The molecule has 2 heterocycles. The molecule has 0 aliphatic carbocycles. The number of fused-ring (bicyclic) bond motifs is 2. The molecule has 0 saturated heterocycles. The highest BCUT2D eigenvalue weighted by molar-refractivity contribution is 6.08. The number of pyridine rings is 1. The van der Waals surface area contributed by atoms with Gasteiger partial charge in [0.2, 0.25) is 5.88 Å². The molecule has 1 amide bonds. The van der Waals surface area contributed by atoms with Crippen molar-refractivity contribution in [3.05, 3.63) is 89.5 Å². The lowest BCUT2D eigenvalue weighted by Crippen LogP contribution is -1.99. The second kappa shape index (κ2) is 9.14. The van der Waals surface area contributed by atoms with E-state index < -0.39 is 5.91 Å². The van der Waals surface area contributed by atoms with Gasteiger partial charge >= 0.3 is 0 Å². The number of aryl methyl sites for hydroxylation is 3. The molecule has 1 N–H and O–H groups in total. The first kappa shape index (κ1) is 22.5. The number of carbonyl (C=O) groups excluding carboxylic acids is 1. The fraction of sp³-hybridized carbons (Fsp3) is 0.172. The van der Waals surface area contributed by atoms with Gasteiger partial charge in [-0.15, -0.1) is 10.2 Å². The predicted octanol–water partition coefficient (Wildman–Crippen LogP) is 7.51. The number of hydrogen-bond acceptors (Lipinski definition) is 4. The Morgan fingerprint density at radius 2 is 1.66 bits per heavy atom. The molecule has 35 heavy (non-hydrogen) atoms. The molecule has 3 aromatic carbocycles. The Bertz CT molecular complexity index is 1600. The highest BCUT2D eigenvalue weighted by atomic mass is 16.3. The van der Waals surface area contributed by atoms with Gasteiger partial charge in [0, 0.05) is 22.9 Å². The number of carbonyl (C=O) groups is 1. The van der Waals surface area contributed by atoms with Gasteiger partial charge in [0.15, 0.2) is 5.69 Å². The highest BCUT2D eigenvalue weighted by Crippen LogP contribution is 2.39. The molecule has 0 saturated carbocycles. The molecular weight excluding hydrogens is 436 g/mol. The quantitative estimate of drug-likeness (QED) is 0.274. The van der Waals surface area contributed by atoms with Crippen molar-refractivity contribution in [2.75, 3.05) is 0 Å². The Morgan fingerprint density at radius 1 is 0.943 bits per heavy atom. The van der Waals surface area contributed by atoms with Crippen LogP contribution in [0.15, 0.2) is 83.0 Å². The van der Waals surface area contributed by atoms with Crippen molar-refractivity contribution in [1.29, 1.82) is 0 Å². The molecule has 174 valence electrons. The summed E-state index contributed by atoms with van der Waals surface area (Å²) in [5.74, 6) is -0.465. The number of aromatic nitrogens is 2. The minimum Gasteiger partial charge on any atom is -0.493 e. The van der Waals surface area contributed by atoms with E-state index in [4.69, 9.17) is 4.98 Å². The van der Waals surface area contributed by atoms with Crippen molar-refractivity contribution in [3.63, 3.8) is 0 Å². The van der Waals surface area contributed by atoms with Crippen LogP contribution in [0.1, 0.15) is 34.8 Å². The number of aromatic hydroxyl groups is 1. The molecule has 0 radical (unpaired) electrons. The first-order valence-corrected chi connectivity index (χ1v) is 11.7. The van der Waals surface area contributed by atoms with E-state index in [9.17, 15) is 9.90 Å². The van der Waals surface area contributed by atoms with Gasteiger partial charge in [-0.05, 0) is 50.6 Å². The first-order valence-electron chi connectivity index (χ1n) is 11.7. The SMILES string of the molecule is CCCn1c(O)c(N=NC(=O)c2cc(-c3ccccc3)nc3ccc(C)cc23)c2cc(C)ccc21. The van der Waals surface area contributed by atoms with Crippen LogP contribution in [0.4, 0.5) is 5.69 Å². The van der Waals surface area contributed by atoms with Crippen LogP contribution in [0.5, 0.6) is 5.88 Å². The third kappa shape index (κ3) is 4.19. The summed E-state index contributed by atoms with van der Waals surface area (Å²) in [5.41, 5.74) is 5.99. The summed E-state index contributed by atoms with van der Waals surface area (Å²) in [6, 6.07) is 23.3. The Balaban J connectivity index is 1.63. The van der Waals surface area contributed by atoms with Gasteiger partial charge in [0.05, 0.1) is 22.3 Å². The van der Waals surface area contributed by atoms with Crippen molar-refractivity contribution in [2.24, 2.45) is 10.2 Å². The number of benzene rings is 3. The van der Waals surface area contributed by atoms with E-state index in [0.717, 1.165) is 39.4 Å². The van der Waals surface area contributed by atoms with Gasteiger partial charge in [-0.3, -0.25) is 4.79 Å². The van der Waals surface area contributed by atoms with E-state index in [1.165, 1.54) is 0 Å². The maximum absolute atomic E-state index is 13.4. The third-order valence-corrected chi connectivity index (χ3v) is 6.12. The summed E-state index contributed by atoms with van der Waals surface area (Å²) < 4.78 is 1.81. The second-order valence-electron chi connectivity index (χ2n) is 8.79. The molecule has 0 unspecified atom stereocenters. The number of nitrogens with zero attached hydrogens (tertiary/aromatic N) is 4.